The Labute approximate surface area is 116 Å². The maximum absolute atomic E-state index is 12.6. The van der Waals surface area contributed by atoms with Gasteiger partial charge in [0.05, 0.1) is 12.1 Å². The summed E-state index contributed by atoms with van der Waals surface area (Å²) >= 11 is 0. The number of nitrogens with zero attached hydrogens (tertiary/aromatic N) is 1. The van der Waals surface area contributed by atoms with Crippen molar-refractivity contribution in [1.82, 2.24) is 4.98 Å². The van der Waals surface area contributed by atoms with Crippen LogP contribution in [0.2, 0.25) is 0 Å². The highest BCUT2D eigenvalue weighted by Crippen LogP contribution is 2.29. The molecule has 21 heavy (non-hydrogen) atoms. The van der Waals surface area contributed by atoms with Gasteiger partial charge in [0.15, 0.2) is 6.10 Å². The molecule has 7 nitrogen and oxygen atoms in total. The van der Waals surface area contributed by atoms with Crippen molar-refractivity contribution in [2.45, 2.75) is 12.3 Å². The average Bonchev–Trinajstić information content (AvgIpc) is 2.37. The molecule has 1 rings (SSSR count). The highest BCUT2D eigenvalue weighted by Gasteiger charge is 2.33. The van der Waals surface area contributed by atoms with Crippen LogP contribution in [0, 0.1) is 0 Å². The Hall–Kier alpha value is -2.36. The van der Waals surface area contributed by atoms with Crippen LogP contribution in [0.5, 0.6) is 0 Å². The number of aromatic nitrogens is 1. The number of carboxylic acids is 1. The monoisotopic (exact) mass is 307 g/mol. The number of nitrogens with two attached hydrogens (primary N) is 1. The smallest absolute Gasteiger partial charge is 0.433 e. The number of carboxylic acid groups (broad SMARTS) is 1. The minimum absolute atomic E-state index is 0.289. The van der Waals surface area contributed by atoms with Gasteiger partial charge < -0.3 is 20.9 Å². The Morgan fingerprint density at radius 1 is 1.48 bits per heavy atom. The average molecular weight is 307 g/mol. The molecule has 0 aliphatic rings. The fourth-order valence-corrected chi connectivity index (χ4v) is 1.41. The summed E-state index contributed by atoms with van der Waals surface area (Å²) < 4.78 is 42.3. The molecule has 1 atom stereocenters. The van der Waals surface area contributed by atoms with Crippen LogP contribution >= 0.6 is 0 Å². The Morgan fingerprint density at radius 3 is 2.52 bits per heavy atom. The number of nitrogens with one attached hydrogen (secondary N) is 1. The van der Waals surface area contributed by atoms with Gasteiger partial charge in [-0.1, -0.05) is 0 Å². The number of carbonyl (C=O) groups excluding carboxylic acids is 1. The number of amides is 1. The standard InChI is InChI=1S/C11H12F3N3O4/c1-21-6(10(19)20)4-16-9-5(8(15)18)2-3-7(17-9)11(12,13)14/h2-3,6H,4H2,1H3,(H2,15,18)(H,16,17)(H,19,20). The third-order valence-electron chi connectivity index (χ3n) is 2.47. The summed E-state index contributed by atoms with van der Waals surface area (Å²) in [5, 5.41) is 11.1. The molecule has 0 aliphatic heterocycles. The molecule has 1 heterocycles. The third-order valence-corrected chi connectivity index (χ3v) is 2.47. The Bertz CT molecular complexity index is 548. The number of aliphatic carboxylic acids is 1. The van der Waals surface area contributed by atoms with Gasteiger partial charge in [0.2, 0.25) is 0 Å². The molecule has 1 aromatic rings. The number of primary amides is 1. The molecular formula is C11H12F3N3O4. The maximum Gasteiger partial charge on any atom is 0.433 e. The van der Waals surface area contributed by atoms with E-state index in [0.717, 1.165) is 13.2 Å². The normalized spacial score (nSPS) is 12.8. The summed E-state index contributed by atoms with van der Waals surface area (Å²) in [4.78, 5) is 25.1. The number of halogens is 3. The number of pyridine rings is 1. The molecule has 0 saturated heterocycles. The van der Waals surface area contributed by atoms with E-state index in [1.54, 1.807) is 0 Å². The Morgan fingerprint density at radius 2 is 2.10 bits per heavy atom. The number of methoxy groups -OCH3 is 1. The van der Waals surface area contributed by atoms with E-state index in [9.17, 15) is 22.8 Å². The highest BCUT2D eigenvalue weighted by molar-refractivity contribution is 5.97. The van der Waals surface area contributed by atoms with Crippen molar-refractivity contribution in [3.63, 3.8) is 0 Å². The van der Waals surface area contributed by atoms with Crippen molar-refractivity contribution in [3.05, 3.63) is 23.4 Å². The first-order chi connectivity index (χ1) is 9.66. The number of anilines is 1. The first-order valence-corrected chi connectivity index (χ1v) is 5.54. The van der Waals surface area contributed by atoms with E-state index in [1.807, 2.05) is 0 Å². The molecular weight excluding hydrogens is 295 g/mol. The number of hydrogen-bond donors (Lipinski definition) is 3. The SMILES string of the molecule is COC(CNc1nc(C(F)(F)F)ccc1C(N)=O)C(=O)O. The Kier molecular flexibility index (Phi) is 5.08. The molecule has 0 spiro atoms. The molecule has 1 aromatic heterocycles. The van der Waals surface area contributed by atoms with Crippen LogP contribution < -0.4 is 11.1 Å². The molecule has 0 radical (unpaired) electrons. The van der Waals surface area contributed by atoms with E-state index in [-0.39, 0.29) is 12.1 Å². The summed E-state index contributed by atoms with van der Waals surface area (Å²) in [6.07, 6.45) is -6.03. The fourth-order valence-electron chi connectivity index (χ4n) is 1.41. The zero-order valence-corrected chi connectivity index (χ0v) is 10.8. The second-order valence-corrected chi connectivity index (χ2v) is 3.90. The molecule has 10 heteroatoms. The summed E-state index contributed by atoms with van der Waals surface area (Å²) in [5.74, 6) is -2.78. The maximum atomic E-state index is 12.6. The number of hydrogen-bond acceptors (Lipinski definition) is 5. The second kappa shape index (κ2) is 6.39. The Balaban J connectivity index is 3.07. The van der Waals surface area contributed by atoms with Gasteiger partial charge in [-0.2, -0.15) is 13.2 Å². The van der Waals surface area contributed by atoms with Crippen LogP contribution in [-0.2, 0) is 15.7 Å². The van der Waals surface area contributed by atoms with Crippen LogP contribution in [0.4, 0.5) is 19.0 Å². The zero-order chi connectivity index (χ0) is 16.2. The van der Waals surface area contributed by atoms with Crippen LogP contribution in [-0.4, -0.2) is 41.7 Å². The summed E-state index contributed by atoms with van der Waals surface area (Å²) in [5.41, 5.74) is 3.50. The first-order valence-electron chi connectivity index (χ1n) is 5.54. The van der Waals surface area contributed by atoms with Gasteiger partial charge in [0, 0.05) is 7.11 Å². The molecule has 116 valence electrons. The number of alkyl halides is 3. The number of ether oxygens (including phenoxy) is 1. The van der Waals surface area contributed by atoms with Crippen molar-refractivity contribution in [2.75, 3.05) is 19.0 Å². The lowest BCUT2D eigenvalue weighted by Crippen LogP contribution is -2.31. The second-order valence-electron chi connectivity index (χ2n) is 3.90. The van der Waals surface area contributed by atoms with Gasteiger partial charge in [-0.05, 0) is 12.1 Å². The number of carbonyl (C=O) groups is 2. The zero-order valence-electron chi connectivity index (χ0n) is 10.8. The molecule has 0 aliphatic carbocycles. The molecule has 0 fully saturated rings. The minimum Gasteiger partial charge on any atom is -0.479 e. The van der Waals surface area contributed by atoms with Crippen molar-refractivity contribution < 1.29 is 32.6 Å². The summed E-state index contributed by atoms with van der Waals surface area (Å²) in [7, 11) is 1.12. The molecule has 1 amide bonds. The van der Waals surface area contributed by atoms with Gasteiger partial charge >= 0.3 is 12.1 Å². The third kappa shape index (κ3) is 4.31. The van der Waals surface area contributed by atoms with Gasteiger partial charge in [0.1, 0.15) is 11.5 Å². The van der Waals surface area contributed by atoms with Gasteiger partial charge in [-0.25, -0.2) is 9.78 Å². The van der Waals surface area contributed by atoms with E-state index < -0.39 is 35.7 Å². The van der Waals surface area contributed by atoms with Gasteiger partial charge in [-0.3, -0.25) is 4.79 Å². The van der Waals surface area contributed by atoms with E-state index in [4.69, 9.17) is 10.8 Å². The molecule has 4 N–H and O–H groups in total. The first kappa shape index (κ1) is 16.7. The predicted octanol–water partition coefficient (Wildman–Crippen LogP) is 0.711. The van der Waals surface area contributed by atoms with Crippen LogP contribution in [0.25, 0.3) is 0 Å². The van der Waals surface area contributed by atoms with E-state index in [2.05, 4.69) is 15.0 Å². The molecule has 0 aromatic carbocycles. The lowest BCUT2D eigenvalue weighted by atomic mass is 10.2. The quantitative estimate of drug-likeness (QED) is 0.713. The predicted molar refractivity (Wildman–Crippen MR) is 64.7 cm³/mol. The van der Waals surface area contributed by atoms with E-state index >= 15 is 0 Å². The topological polar surface area (TPSA) is 115 Å². The van der Waals surface area contributed by atoms with E-state index in [1.165, 1.54) is 0 Å². The largest absolute Gasteiger partial charge is 0.479 e. The summed E-state index contributed by atoms with van der Waals surface area (Å²) in [6, 6.07) is 1.47. The summed E-state index contributed by atoms with van der Waals surface area (Å²) in [6.45, 7) is -0.388. The van der Waals surface area contributed by atoms with Crippen LogP contribution in [0.1, 0.15) is 16.1 Å². The van der Waals surface area contributed by atoms with Crippen molar-refractivity contribution >= 4 is 17.7 Å². The molecule has 1 unspecified atom stereocenters. The highest BCUT2D eigenvalue weighted by atomic mass is 19.4. The van der Waals surface area contributed by atoms with Crippen molar-refractivity contribution in [2.24, 2.45) is 5.73 Å². The lowest BCUT2D eigenvalue weighted by molar-refractivity contribution is -0.147. The van der Waals surface area contributed by atoms with E-state index in [0.29, 0.717) is 6.07 Å². The van der Waals surface area contributed by atoms with Gasteiger partial charge in [0.25, 0.3) is 5.91 Å². The molecule has 0 saturated carbocycles. The van der Waals surface area contributed by atoms with Gasteiger partial charge in [-0.15, -0.1) is 0 Å². The fraction of sp³-hybridized carbons (Fsp3) is 0.364. The lowest BCUT2D eigenvalue weighted by Gasteiger charge is -2.15. The number of rotatable bonds is 6. The van der Waals surface area contributed by atoms with Crippen molar-refractivity contribution in [3.8, 4) is 0 Å². The minimum atomic E-state index is -4.71. The van der Waals surface area contributed by atoms with Crippen LogP contribution in [0.15, 0.2) is 12.1 Å². The molecule has 0 bridgehead atoms. The van der Waals surface area contributed by atoms with Crippen LogP contribution in [0.3, 0.4) is 0 Å². The van der Waals surface area contributed by atoms with Crippen molar-refractivity contribution in [1.29, 1.82) is 0 Å².